The van der Waals surface area contributed by atoms with Crippen molar-refractivity contribution < 1.29 is 18.7 Å². The molecule has 31 heavy (non-hydrogen) atoms. The van der Waals surface area contributed by atoms with Crippen molar-refractivity contribution in [1.29, 1.82) is 0 Å². The van der Waals surface area contributed by atoms with Crippen LogP contribution in [0.3, 0.4) is 0 Å². The Morgan fingerprint density at radius 2 is 1.71 bits per heavy atom. The van der Waals surface area contributed by atoms with Gasteiger partial charge in [0.15, 0.2) is 0 Å². The number of carbonyl (C=O) groups excluding carboxylic acids is 1. The van der Waals surface area contributed by atoms with Gasteiger partial charge in [0.25, 0.3) is 5.92 Å². The first-order chi connectivity index (χ1) is 14.7. The molecule has 4 aliphatic rings. The van der Waals surface area contributed by atoms with Crippen molar-refractivity contribution in [3.63, 3.8) is 0 Å². The molecule has 4 heterocycles. The molecule has 5 nitrogen and oxygen atoms in total. The SMILES string of the molecule is CC1(C)C[C@@H]2CN(C(=O)CCCO)C[C@H]1N(c1ccc(N3CCC(F)(F)CC3)cc1)C2. The molecule has 4 saturated heterocycles. The van der Waals surface area contributed by atoms with E-state index >= 15 is 0 Å². The lowest BCUT2D eigenvalue weighted by atomic mass is 9.73. The van der Waals surface area contributed by atoms with Crippen LogP contribution >= 0.6 is 0 Å². The second-order valence-electron chi connectivity index (χ2n) is 10.2. The van der Waals surface area contributed by atoms with E-state index in [9.17, 15) is 13.6 Å². The largest absolute Gasteiger partial charge is 0.396 e. The second-order valence-corrected chi connectivity index (χ2v) is 10.2. The number of nitrogens with zero attached hydrogens (tertiary/aromatic N) is 3. The van der Waals surface area contributed by atoms with Crippen molar-refractivity contribution in [3.8, 4) is 0 Å². The Morgan fingerprint density at radius 1 is 1.06 bits per heavy atom. The molecular weight excluding hydrogens is 400 g/mol. The standard InChI is InChI=1S/C24H35F2N3O2/c1-23(2)14-18-15-28(22(31)4-3-13-30)17-21(23)29(16-18)20-7-5-19(6-8-20)27-11-9-24(25,26)10-12-27/h5-8,18,21,30H,3-4,9-17H2,1-2H3/t18-,21-/m1/s1. The first-order valence-electron chi connectivity index (χ1n) is 11.6. The molecule has 0 spiro atoms. The van der Waals surface area contributed by atoms with E-state index in [2.05, 4.69) is 43.0 Å². The van der Waals surface area contributed by atoms with Crippen LogP contribution in [-0.2, 0) is 4.79 Å². The molecule has 7 heteroatoms. The van der Waals surface area contributed by atoms with Crippen LogP contribution in [0.1, 0.15) is 46.0 Å². The lowest BCUT2D eigenvalue weighted by molar-refractivity contribution is -0.131. The Bertz CT molecular complexity index is 774. The van der Waals surface area contributed by atoms with E-state index in [-0.39, 0.29) is 36.8 Å². The van der Waals surface area contributed by atoms with Gasteiger partial charge in [0, 0.05) is 70.0 Å². The topological polar surface area (TPSA) is 47.0 Å². The molecule has 4 fully saturated rings. The molecule has 1 aromatic carbocycles. The van der Waals surface area contributed by atoms with Crippen LogP contribution < -0.4 is 9.80 Å². The summed E-state index contributed by atoms with van der Waals surface area (Å²) in [5.74, 6) is -1.98. The normalized spacial score (nSPS) is 27.3. The number of hydrogen-bond donors (Lipinski definition) is 1. The van der Waals surface area contributed by atoms with E-state index < -0.39 is 5.92 Å². The monoisotopic (exact) mass is 435 g/mol. The summed E-state index contributed by atoms with van der Waals surface area (Å²) in [5.41, 5.74) is 2.23. The third-order valence-corrected chi connectivity index (χ3v) is 7.36. The van der Waals surface area contributed by atoms with Gasteiger partial charge in [0.2, 0.25) is 5.91 Å². The van der Waals surface area contributed by atoms with E-state index in [0.29, 0.717) is 38.4 Å². The third-order valence-electron chi connectivity index (χ3n) is 7.36. The van der Waals surface area contributed by atoms with E-state index in [1.165, 1.54) is 0 Å². The Morgan fingerprint density at radius 3 is 2.35 bits per heavy atom. The highest BCUT2D eigenvalue weighted by Gasteiger charge is 2.46. The predicted octanol–water partition coefficient (Wildman–Crippen LogP) is 3.76. The number of alkyl halides is 2. The van der Waals surface area contributed by atoms with Crippen molar-refractivity contribution in [2.75, 3.05) is 49.1 Å². The minimum atomic E-state index is -2.53. The molecule has 2 bridgehead atoms. The molecule has 4 aliphatic heterocycles. The summed E-state index contributed by atoms with van der Waals surface area (Å²) in [6, 6.07) is 8.54. The van der Waals surface area contributed by atoms with Gasteiger partial charge in [-0.05, 0) is 48.4 Å². The highest BCUT2D eigenvalue weighted by atomic mass is 19.3. The number of piperidine rings is 2. The maximum absolute atomic E-state index is 13.5. The van der Waals surface area contributed by atoms with Crippen molar-refractivity contribution in [3.05, 3.63) is 24.3 Å². The summed E-state index contributed by atoms with van der Waals surface area (Å²) in [5, 5.41) is 9.08. The number of hydrogen-bond acceptors (Lipinski definition) is 4. The van der Waals surface area contributed by atoms with Gasteiger partial charge in [0.05, 0.1) is 6.04 Å². The summed E-state index contributed by atoms with van der Waals surface area (Å²) in [6.45, 7) is 7.81. The van der Waals surface area contributed by atoms with Gasteiger partial charge in [-0.2, -0.15) is 0 Å². The molecular formula is C24H35F2N3O2. The van der Waals surface area contributed by atoms with Gasteiger partial charge in [-0.3, -0.25) is 4.79 Å². The smallest absolute Gasteiger partial charge is 0.251 e. The molecule has 0 aromatic heterocycles. The van der Waals surface area contributed by atoms with Crippen molar-refractivity contribution in [1.82, 2.24) is 4.90 Å². The zero-order valence-corrected chi connectivity index (χ0v) is 18.7. The molecule has 0 unspecified atom stereocenters. The third kappa shape index (κ3) is 4.81. The number of fused-ring (bicyclic) bond motifs is 4. The Labute approximate surface area is 184 Å². The lowest BCUT2D eigenvalue weighted by Gasteiger charge is -2.48. The van der Waals surface area contributed by atoms with Crippen LogP contribution in [0, 0.1) is 11.3 Å². The van der Waals surface area contributed by atoms with Gasteiger partial charge < -0.3 is 19.8 Å². The van der Waals surface area contributed by atoms with Gasteiger partial charge in [-0.25, -0.2) is 8.78 Å². The number of benzene rings is 1. The van der Waals surface area contributed by atoms with Gasteiger partial charge >= 0.3 is 0 Å². The van der Waals surface area contributed by atoms with Gasteiger partial charge in [-0.1, -0.05) is 13.8 Å². The zero-order chi connectivity index (χ0) is 22.2. The van der Waals surface area contributed by atoms with Crippen LogP contribution in [-0.4, -0.2) is 67.2 Å². The maximum atomic E-state index is 13.5. The molecule has 1 N–H and O–H groups in total. The van der Waals surface area contributed by atoms with E-state index in [1.54, 1.807) is 0 Å². The highest BCUT2D eigenvalue weighted by molar-refractivity contribution is 5.76. The van der Waals surface area contributed by atoms with E-state index in [4.69, 9.17) is 5.11 Å². The Balaban J connectivity index is 1.49. The summed E-state index contributed by atoms with van der Waals surface area (Å²) in [6.07, 6.45) is 1.84. The fraction of sp³-hybridized carbons (Fsp3) is 0.708. The fourth-order valence-corrected chi connectivity index (χ4v) is 5.66. The van der Waals surface area contributed by atoms with Crippen LogP contribution in [0.2, 0.25) is 0 Å². The van der Waals surface area contributed by atoms with Gasteiger partial charge in [-0.15, -0.1) is 0 Å². The summed E-state index contributed by atoms with van der Waals surface area (Å²) in [7, 11) is 0. The minimum absolute atomic E-state index is 0.0467. The van der Waals surface area contributed by atoms with Crippen LogP contribution in [0.5, 0.6) is 0 Å². The average Bonchev–Trinajstić information content (AvgIpc) is 2.99. The minimum Gasteiger partial charge on any atom is -0.396 e. The molecule has 0 radical (unpaired) electrons. The lowest BCUT2D eigenvalue weighted by Crippen LogP contribution is -2.54. The number of rotatable bonds is 5. The van der Waals surface area contributed by atoms with Crippen LogP contribution in [0.25, 0.3) is 0 Å². The molecule has 172 valence electrons. The van der Waals surface area contributed by atoms with Crippen molar-refractivity contribution in [2.24, 2.45) is 11.3 Å². The quantitative estimate of drug-likeness (QED) is 0.765. The average molecular weight is 436 g/mol. The van der Waals surface area contributed by atoms with E-state index in [0.717, 1.165) is 30.9 Å². The van der Waals surface area contributed by atoms with Gasteiger partial charge in [0.1, 0.15) is 0 Å². The first-order valence-corrected chi connectivity index (χ1v) is 11.6. The Kier molecular flexibility index (Phi) is 6.16. The number of aliphatic hydroxyl groups is 1. The number of aliphatic hydroxyl groups excluding tert-OH is 1. The fourth-order valence-electron chi connectivity index (χ4n) is 5.66. The highest BCUT2D eigenvalue weighted by Crippen LogP contribution is 2.43. The molecule has 0 saturated carbocycles. The summed E-state index contributed by atoms with van der Waals surface area (Å²) < 4.78 is 27.0. The molecule has 5 rings (SSSR count). The maximum Gasteiger partial charge on any atom is 0.251 e. The summed E-state index contributed by atoms with van der Waals surface area (Å²) in [4.78, 5) is 19.2. The molecule has 2 atom stereocenters. The van der Waals surface area contributed by atoms with Crippen LogP contribution in [0.4, 0.5) is 20.2 Å². The molecule has 1 amide bonds. The van der Waals surface area contributed by atoms with Crippen molar-refractivity contribution in [2.45, 2.75) is 57.9 Å². The predicted molar refractivity (Wildman–Crippen MR) is 119 cm³/mol. The van der Waals surface area contributed by atoms with E-state index in [1.807, 2.05) is 9.80 Å². The van der Waals surface area contributed by atoms with Crippen molar-refractivity contribution >= 4 is 17.3 Å². The number of anilines is 2. The number of amides is 1. The second kappa shape index (κ2) is 8.57. The molecule has 1 aromatic rings. The number of halogens is 2. The molecule has 0 aliphatic carbocycles. The first kappa shape index (κ1) is 22.3. The Hall–Kier alpha value is -1.89. The van der Waals surface area contributed by atoms with Crippen LogP contribution in [0.15, 0.2) is 24.3 Å². The summed E-state index contributed by atoms with van der Waals surface area (Å²) >= 11 is 0. The number of carbonyl (C=O) groups is 1. The zero-order valence-electron chi connectivity index (χ0n) is 18.7.